The van der Waals surface area contributed by atoms with E-state index in [0.29, 0.717) is 50.7 Å². The molecule has 0 amide bonds. The first-order valence-electron chi connectivity index (χ1n) is 51.0. The molecule has 0 fully saturated rings. The van der Waals surface area contributed by atoms with E-state index in [1.165, 1.54) is 0 Å². The third-order valence-electron chi connectivity index (χ3n) is 20.0. The summed E-state index contributed by atoms with van der Waals surface area (Å²) < 4.78 is 295. The van der Waals surface area contributed by atoms with Gasteiger partial charge in [0.25, 0.3) is 0 Å². The number of hydrogen-bond acceptors (Lipinski definition) is 10. The van der Waals surface area contributed by atoms with E-state index in [-0.39, 0.29) is 48.6 Å². The Morgan fingerprint density at radius 2 is 0.825 bits per heavy atom. The molecule has 11 nitrogen and oxygen atoms in total. The quantitative estimate of drug-likeness (QED) is 0.131. The van der Waals surface area contributed by atoms with E-state index in [1.807, 2.05) is 91.0 Å². The Morgan fingerprint density at radius 3 is 1.61 bits per heavy atom. The minimum atomic E-state index is -0.944. The molecule has 0 N–H and O–H groups in total. The molecule has 0 spiro atoms. The van der Waals surface area contributed by atoms with E-state index in [9.17, 15) is 9.60 Å². The first-order valence-corrected chi connectivity index (χ1v) is 36.3. The standard InChI is InChI=1S/C57H34N4O2.C45H26N4OS/c1-4-15-35(16-5-1)38-21-12-22-39(33-38)55-58-56(40-29-30-45-50(34-40)62-49-28-14-25-41(51(45)49)36-17-6-2-7-18-36)60-57(59-55)61-46-26-13-24-42(37-19-8-3-9-20-37)52(46)53-47(61)32-31-44-43-23-10-11-27-48(43)63-54(44)53;1-3-12-27(13-4-1)30-18-11-20-37-40(30)34-23-22-29(26-38(34)50-37)44-46-43(28-14-5-2-6-15-28)47-45(48-44)49-35-19-9-7-17-33(35)41-36(49)25-24-32-31-16-8-10-21-39(31)51-42(32)41/h1-34H;1-26H/i2D,6D,7D,17D,18D;1D,2D,3D,4D,5D,6D,7D,8D,9D,10D,11D,12D,13D,14D,15D,16D,17D,18D,19D,20D,21D,22D,23D,24D,25D,26D. The largest absolute Gasteiger partial charge is 0.456 e. The van der Waals surface area contributed by atoms with Crippen molar-refractivity contribution in [2.24, 2.45) is 0 Å². The van der Waals surface area contributed by atoms with Crippen LogP contribution in [0, 0.1) is 0 Å². The number of aromatic nitrogens is 8. The van der Waals surface area contributed by atoms with Gasteiger partial charge < -0.3 is 13.3 Å². The Hall–Kier alpha value is -15.2. The predicted octanol–water partition coefficient (Wildman–Crippen LogP) is 27.3. The smallest absolute Gasteiger partial charge is 0.238 e. The molecule has 0 saturated heterocycles. The molecule has 0 aliphatic carbocycles. The molecule has 24 rings (SSSR count). The third kappa shape index (κ3) is 10.6. The lowest BCUT2D eigenvalue weighted by atomic mass is 9.98. The summed E-state index contributed by atoms with van der Waals surface area (Å²) in [5.41, 5.74) is 5.78. The van der Waals surface area contributed by atoms with Crippen LogP contribution in [0.5, 0.6) is 0 Å². The molecule has 16 aromatic carbocycles. The lowest BCUT2D eigenvalue weighted by Crippen LogP contribution is -2.06. The highest BCUT2D eigenvalue weighted by Gasteiger charge is 2.27. The maximum absolute atomic E-state index is 9.64. The lowest BCUT2D eigenvalue weighted by Gasteiger charge is -2.12. The van der Waals surface area contributed by atoms with Crippen LogP contribution in [0.4, 0.5) is 0 Å². The van der Waals surface area contributed by atoms with Crippen molar-refractivity contribution in [3.8, 4) is 102 Å². The van der Waals surface area contributed by atoms with Gasteiger partial charge in [0, 0.05) is 90.9 Å². The summed E-state index contributed by atoms with van der Waals surface area (Å²) in [6.45, 7) is 0. The van der Waals surface area contributed by atoms with Gasteiger partial charge in [-0.3, -0.25) is 9.13 Å². The van der Waals surface area contributed by atoms with Crippen LogP contribution in [0.25, 0.3) is 232 Å². The van der Waals surface area contributed by atoms with Gasteiger partial charge in [-0.1, -0.05) is 278 Å². The SMILES string of the molecule is [2H]c1c([2H])c([2H])c(-c2cccc3oc4cc(-c5nc(-c6cccc(-c7ccccc7)c6)nc(-n6c7cccc(-c8ccccc8)c7c7c8oc9ccccc9c8ccc76)n5)ccc4c23)c([2H])c1[2H].[2H]c1c([2H])c([2H])c(-c2nc(-c3c([2H])c([2H])c4c(oc5c([2H])c([2H])c([2H])c(-c6c([2H])c([2H])c([2H])c([2H])c6[2H])c54)c3[2H])nc(-n3c4c([2H])c([2H])c([2H])c([2H])c4c4c5sc6c([2H])c([2H])c([2H])c([2H])c6c5c([2H])c([2H])c43)n2)c([2H])c1[2H]. The molecule has 0 saturated carbocycles. The zero-order valence-corrected chi connectivity index (χ0v) is 59.3. The molecule has 0 bridgehead atoms. The van der Waals surface area contributed by atoms with Crippen molar-refractivity contribution in [3.63, 3.8) is 0 Å². The second-order valence-corrected chi connectivity index (χ2v) is 27.4. The predicted molar refractivity (Wildman–Crippen MR) is 467 cm³/mol. The number of rotatable bonds is 10. The molecule has 24 aromatic rings. The van der Waals surface area contributed by atoms with Crippen LogP contribution in [0.3, 0.4) is 0 Å². The zero-order chi connectivity index (χ0) is 102. The number of furan rings is 3. The second-order valence-electron chi connectivity index (χ2n) is 26.4. The van der Waals surface area contributed by atoms with Gasteiger partial charge in [0.2, 0.25) is 11.9 Å². The van der Waals surface area contributed by atoms with Crippen molar-refractivity contribution in [1.29, 1.82) is 0 Å². The maximum Gasteiger partial charge on any atom is 0.238 e. The summed E-state index contributed by atoms with van der Waals surface area (Å²) in [6, 6.07) is 36.1. The zero-order valence-electron chi connectivity index (χ0n) is 89.5. The van der Waals surface area contributed by atoms with Crippen LogP contribution in [-0.4, -0.2) is 39.0 Å². The third-order valence-corrected chi connectivity index (χ3v) is 21.1. The monoisotopic (exact) mass is 1510 g/mol. The second kappa shape index (κ2) is 26.2. The number of hydrogen-bond donors (Lipinski definition) is 0. The van der Waals surface area contributed by atoms with E-state index >= 15 is 0 Å². The number of nitrogens with zero attached hydrogens (tertiary/aromatic N) is 8. The molecule has 114 heavy (non-hydrogen) atoms. The van der Waals surface area contributed by atoms with Crippen LogP contribution in [0.1, 0.15) is 42.5 Å². The van der Waals surface area contributed by atoms with E-state index < -0.39 is 248 Å². The average Bonchev–Trinajstić information content (AvgIpc) is 1.52. The summed E-state index contributed by atoms with van der Waals surface area (Å²) in [5, 5.41) is 3.55. The molecule has 0 radical (unpaired) electrons. The van der Waals surface area contributed by atoms with Gasteiger partial charge in [-0.25, -0.2) is 9.97 Å². The van der Waals surface area contributed by atoms with Gasteiger partial charge >= 0.3 is 0 Å². The Balaban J connectivity index is 0.000000161. The van der Waals surface area contributed by atoms with Gasteiger partial charge in [0.15, 0.2) is 23.3 Å². The molecule has 0 atom stereocenters. The fourth-order valence-electron chi connectivity index (χ4n) is 15.1. The Morgan fingerprint density at radius 1 is 0.254 bits per heavy atom. The van der Waals surface area contributed by atoms with Crippen molar-refractivity contribution in [2.45, 2.75) is 0 Å². The van der Waals surface area contributed by atoms with E-state index in [2.05, 4.69) is 92.3 Å². The number of para-hydroxylation sites is 2. The van der Waals surface area contributed by atoms with Crippen LogP contribution in [-0.2, 0) is 0 Å². The van der Waals surface area contributed by atoms with E-state index in [0.717, 1.165) is 87.5 Å². The van der Waals surface area contributed by atoms with Crippen LogP contribution >= 0.6 is 11.3 Å². The maximum atomic E-state index is 9.64. The fraction of sp³-hybridized carbons (Fsp3) is 0. The molecular formula is C102H60N8O3S. The summed E-state index contributed by atoms with van der Waals surface area (Å²) in [6.07, 6.45) is 0. The van der Waals surface area contributed by atoms with E-state index in [1.54, 1.807) is 12.1 Å². The molecule has 0 unspecified atom stereocenters. The Labute approximate surface area is 698 Å². The Bertz CT molecular complexity index is 9940. The molecule has 8 heterocycles. The number of benzene rings is 16. The van der Waals surface area contributed by atoms with Gasteiger partial charge in [-0.2, -0.15) is 19.9 Å². The molecule has 0 aliphatic rings. The lowest BCUT2D eigenvalue weighted by molar-refractivity contribution is 0.668. The van der Waals surface area contributed by atoms with Crippen LogP contribution in [0.2, 0.25) is 0 Å². The normalized spacial score (nSPS) is 15.7. The minimum absolute atomic E-state index is 0.0311. The molecule has 8 aromatic heterocycles. The molecular weight excluding hydrogens is 1420 g/mol. The van der Waals surface area contributed by atoms with Crippen LogP contribution in [0.15, 0.2) is 376 Å². The molecule has 532 valence electrons. The molecule has 12 heteroatoms. The highest BCUT2D eigenvalue weighted by atomic mass is 32.1. The summed E-state index contributed by atoms with van der Waals surface area (Å²) in [5.74, 6) is -1.13. The van der Waals surface area contributed by atoms with Crippen molar-refractivity contribution in [3.05, 3.63) is 363 Å². The van der Waals surface area contributed by atoms with Crippen molar-refractivity contribution >= 4 is 141 Å². The van der Waals surface area contributed by atoms with Crippen molar-refractivity contribution < 1.29 is 55.7 Å². The van der Waals surface area contributed by atoms with Gasteiger partial charge in [-0.05, 0) is 129 Å². The summed E-state index contributed by atoms with van der Waals surface area (Å²) >= 11 is 0.740. The number of thiophene rings is 1. The first-order chi connectivity index (χ1) is 69.4. The fourth-order valence-corrected chi connectivity index (χ4v) is 16.2. The highest BCUT2D eigenvalue weighted by molar-refractivity contribution is 7.26. The summed E-state index contributed by atoms with van der Waals surface area (Å²) in [7, 11) is 0. The van der Waals surface area contributed by atoms with Crippen molar-refractivity contribution in [2.75, 3.05) is 0 Å². The number of fused-ring (bicyclic) bond motifs is 20. The van der Waals surface area contributed by atoms with Gasteiger partial charge in [0.1, 0.15) is 33.5 Å². The van der Waals surface area contributed by atoms with Gasteiger partial charge in [-0.15, -0.1) is 11.3 Å². The Kier molecular flexibility index (Phi) is 9.43. The summed E-state index contributed by atoms with van der Waals surface area (Å²) in [4.78, 5) is 29.3. The first kappa shape index (κ1) is 41.0. The van der Waals surface area contributed by atoms with E-state index in [4.69, 9.17) is 61.1 Å². The average molecular weight is 1510 g/mol. The topological polar surface area (TPSA) is 127 Å². The highest BCUT2D eigenvalue weighted by Crippen LogP contribution is 2.48. The minimum Gasteiger partial charge on any atom is -0.456 e. The molecule has 0 aliphatic heterocycles. The van der Waals surface area contributed by atoms with Crippen molar-refractivity contribution in [1.82, 2.24) is 39.0 Å². The van der Waals surface area contributed by atoms with Crippen LogP contribution < -0.4 is 0 Å². The van der Waals surface area contributed by atoms with Gasteiger partial charge in [0.05, 0.1) is 69.9 Å².